The number of nitrogens with one attached hydrogen (secondary N) is 1. The van der Waals surface area contributed by atoms with Gasteiger partial charge in [0.25, 0.3) is 0 Å². The predicted octanol–water partition coefficient (Wildman–Crippen LogP) is 2.12. The molecule has 0 aliphatic rings. The van der Waals surface area contributed by atoms with Crippen LogP contribution in [0, 0.1) is 13.8 Å². The molecule has 1 atom stereocenters. The molecule has 0 spiro atoms. The molecule has 0 saturated heterocycles. The first-order valence-electron chi connectivity index (χ1n) is 6.19. The van der Waals surface area contributed by atoms with Crippen LogP contribution in [0.5, 0.6) is 0 Å². The molecule has 102 valence electrons. The molecular weight excluding hydrogens is 262 g/mol. The Kier molecular flexibility index (Phi) is 4.19. The van der Waals surface area contributed by atoms with Gasteiger partial charge in [0.1, 0.15) is 0 Å². The first-order chi connectivity index (χ1) is 9.06. The predicted molar refractivity (Wildman–Crippen MR) is 75.8 cm³/mol. The molecule has 19 heavy (non-hydrogen) atoms. The van der Waals surface area contributed by atoms with E-state index >= 15 is 0 Å². The zero-order valence-corrected chi connectivity index (χ0v) is 12.1. The SMILES string of the molecule is CCn1ncc(Cl)c1C(NN)c1cc(C)nc(C)c1. The van der Waals surface area contributed by atoms with Gasteiger partial charge in [-0.3, -0.25) is 15.5 Å². The second-order valence-electron chi connectivity index (χ2n) is 4.48. The molecule has 0 radical (unpaired) electrons. The summed E-state index contributed by atoms with van der Waals surface area (Å²) >= 11 is 6.23. The molecule has 6 heteroatoms. The van der Waals surface area contributed by atoms with Gasteiger partial charge >= 0.3 is 0 Å². The summed E-state index contributed by atoms with van der Waals surface area (Å²) in [7, 11) is 0. The van der Waals surface area contributed by atoms with Crippen LogP contribution >= 0.6 is 11.6 Å². The minimum absolute atomic E-state index is 0.199. The summed E-state index contributed by atoms with van der Waals surface area (Å²) in [5.74, 6) is 5.72. The Hall–Kier alpha value is -1.43. The van der Waals surface area contributed by atoms with Gasteiger partial charge in [0.05, 0.1) is 23.0 Å². The number of halogens is 1. The van der Waals surface area contributed by atoms with E-state index in [9.17, 15) is 0 Å². The molecule has 1 unspecified atom stereocenters. The van der Waals surface area contributed by atoms with Gasteiger partial charge in [0, 0.05) is 17.9 Å². The fraction of sp³-hybridized carbons (Fsp3) is 0.385. The highest BCUT2D eigenvalue weighted by atomic mass is 35.5. The highest BCUT2D eigenvalue weighted by molar-refractivity contribution is 6.31. The van der Waals surface area contributed by atoms with E-state index in [4.69, 9.17) is 17.4 Å². The first-order valence-corrected chi connectivity index (χ1v) is 6.57. The number of hydrogen-bond acceptors (Lipinski definition) is 4. The minimum Gasteiger partial charge on any atom is -0.271 e. The van der Waals surface area contributed by atoms with Crippen molar-refractivity contribution in [3.8, 4) is 0 Å². The van der Waals surface area contributed by atoms with Gasteiger partial charge in [-0.2, -0.15) is 5.10 Å². The van der Waals surface area contributed by atoms with E-state index in [0.29, 0.717) is 5.02 Å². The van der Waals surface area contributed by atoms with Gasteiger partial charge < -0.3 is 0 Å². The summed E-state index contributed by atoms with van der Waals surface area (Å²) in [6.45, 7) is 6.68. The normalized spacial score (nSPS) is 12.7. The van der Waals surface area contributed by atoms with Crippen LogP contribution in [0.15, 0.2) is 18.3 Å². The van der Waals surface area contributed by atoms with Crippen LogP contribution in [0.2, 0.25) is 5.02 Å². The van der Waals surface area contributed by atoms with E-state index in [0.717, 1.165) is 29.2 Å². The van der Waals surface area contributed by atoms with E-state index in [-0.39, 0.29) is 6.04 Å². The average molecular weight is 280 g/mol. The maximum atomic E-state index is 6.23. The number of rotatable bonds is 4. The van der Waals surface area contributed by atoms with Crippen molar-refractivity contribution < 1.29 is 0 Å². The van der Waals surface area contributed by atoms with Crippen molar-refractivity contribution in [2.24, 2.45) is 5.84 Å². The summed E-state index contributed by atoms with van der Waals surface area (Å²) in [5.41, 5.74) is 6.63. The smallest absolute Gasteiger partial charge is 0.0894 e. The zero-order chi connectivity index (χ0) is 14.0. The van der Waals surface area contributed by atoms with E-state index < -0.39 is 0 Å². The summed E-state index contributed by atoms with van der Waals surface area (Å²) in [6.07, 6.45) is 1.64. The van der Waals surface area contributed by atoms with Crippen molar-refractivity contribution in [1.82, 2.24) is 20.2 Å². The van der Waals surface area contributed by atoms with Crippen molar-refractivity contribution in [3.63, 3.8) is 0 Å². The van der Waals surface area contributed by atoms with Gasteiger partial charge in [-0.25, -0.2) is 5.43 Å². The lowest BCUT2D eigenvalue weighted by molar-refractivity contribution is 0.543. The highest BCUT2D eigenvalue weighted by Gasteiger charge is 2.21. The first kappa shape index (κ1) is 14.0. The molecule has 0 fully saturated rings. The lowest BCUT2D eigenvalue weighted by Gasteiger charge is -2.19. The third-order valence-electron chi connectivity index (χ3n) is 3.01. The molecule has 3 N–H and O–H groups in total. The standard InChI is InChI=1S/C13H18ClN5/c1-4-19-13(11(14)7-16-19)12(18-15)10-5-8(2)17-9(3)6-10/h5-7,12,18H,4,15H2,1-3H3. The molecule has 5 nitrogen and oxygen atoms in total. The number of pyridine rings is 1. The van der Waals surface area contributed by atoms with E-state index in [1.807, 2.05) is 37.6 Å². The van der Waals surface area contributed by atoms with E-state index in [2.05, 4.69) is 15.5 Å². The molecule has 0 amide bonds. The van der Waals surface area contributed by atoms with Gasteiger partial charge in [-0.05, 0) is 38.5 Å². The largest absolute Gasteiger partial charge is 0.271 e. The van der Waals surface area contributed by atoms with Crippen LogP contribution in [0.3, 0.4) is 0 Å². The van der Waals surface area contributed by atoms with Crippen molar-refractivity contribution in [2.45, 2.75) is 33.4 Å². The van der Waals surface area contributed by atoms with Crippen molar-refractivity contribution >= 4 is 11.6 Å². The second-order valence-corrected chi connectivity index (χ2v) is 4.88. The van der Waals surface area contributed by atoms with E-state index in [1.54, 1.807) is 6.20 Å². The van der Waals surface area contributed by atoms with Gasteiger partial charge in [0.15, 0.2) is 0 Å². The Morgan fingerprint density at radius 2 is 2.00 bits per heavy atom. The van der Waals surface area contributed by atoms with Gasteiger partial charge in [-0.1, -0.05) is 11.6 Å². The van der Waals surface area contributed by atoms with Crippen LogP contribution in [0.1, 0.15) is 35.6 Å². The summed E-state index contributed by atoms with van der Waals surface area (Å²) in [6, 6.07) is 3.80. The monoisotopic (exact) mass is 279 g/mol. The number of nitrogens with two attached hydrogens (primary N) is 1. The molecule has 2 heterocycles. The van der Waals surface area contributed by atoms with Crippen LogP contribution in [0.25, 0.3) is 0 Å². The Balaban J connectivity index is 2.52. The number of hydrazine groups is 1. The lowest BCUT2D eigenvalue weighted by Crippen LogP contribution is -2.31. The summed E-state index contributed by atoms with van der Waals surface area (Å²) in [4.78, 5) is 4.37. The fourth-order valence-corrected chi connectivity index (χ4v) is 2.53. The van der Waals surface area contributed by atoms with Crippen LogP contribution in [-0.4, -0.2) is 14.8 Å². The van der Waals surface area contributed by atoms with E-state index in [1.165, 1.54) is 0 Å². The number of nitrogens with zero attached hydrogens (tertiary/aromatic N) is 3. The van der Waals surface area contributed by atoms with Crippen molar-refractivity contribution in [2.75, 3.05) is 0 Å². The Morgan fingerprint density at radius 1 is 1.37 bits per heavy atom. The molecular formula is C13H18ClN5. The third kappa shape index (κ3) is 2.78. The average Bonchev–Trinajstić information content (AvgIpc) is 2.71. The fourth-order valence-electron chi connectivity index (χ4n) is 2.28. The number of aromatic nitrogens is 3. The van der Waals surface area contributed by atoms with Gasteiger partial charge in [0.2, 0.25) is 0 Å². The summed E-state index contributed by atoms with van der Waals surface area (Å²) in [5, 5.41) is 4.86. The van der Waals surface area contributed by atoms with Crippen molar-refractivity contribution in [3.05, 3.63) is 46.0 Å². The zero-order valence-electron chi connectivity index (χ0n) is 11.3. The van der Waals surface area contributed by atoms with Crippen LogP contribution in [0.4, 0.5) is 0 Å². The molecule has 0 saturated carbocycles. The maximum absolute atomic E-state index is 6.23. The highest BCUT2D eigenvalue weighted by Crippen LogP contribution is 2.28. The quantitative estimate of drug-likeness (QED) is 0.664. The molecule has 2 aromatic heterocycles. The third-order valence-corrected chi connectivity index (χ3v) is 3.30. The second kappa shape index (κ2) is 5.69. The molecule has 2 aromatic rings. The molecule has 0 aliphatic heterocycles. The molecule has 2 rings (SSSR count). The topological polar surface area (TPSA) is 68.8 Å². The molecule has 0 bridgehead atoms. The Bertz CT molecular complexity index is 558. The number of aryl methyl sites for hydroxylation is 3. The Labute approximate surface area is 117 Å². The number of hydrogen-bond donors (Lipinski definition) is 2. The van der Waals surface area contributed by atoms with Crippen molar-refractivity contribution in [1.29, 1.82) is 0 Å². The lowest BCUT2D eigenvalue weighted by atomic mass is 10.0. The summed E-state index contributed by atoms with van der Waals surface area (Å²) < 4.78 is 1.85. The molecule has 0 aromatic carbocycles. The maximum Gasteiger partial charge on any atom is 0.0894 e. The molecule has 0 aliphatic carbocycles. The Morgan fingerprint density at radius 3 is 2.53 bits per heavy atom. The van der Waals surface area contributed by atoms with Gasteiger partial charge in [-0.15, -0.1) is 0 Å². The minimum atomic E-state index is -0.199. The van der Waals surface area contributed by atoms with Crippen LogP contribution < -0.4 is 11.3 Å². The van der Waals surface area contributed by atoms with Crippen LogP contribution in [-0.2, 0) is 6.54 Å².